The van der Waals surface area contributed by atoms with E-state index in [1.54, 1.807) is 7.11 Å². The molecule has 1 aliphatic rings. The molecule has 2 unspecified atom stereocenters. The zero-order valence-corrected chi connectivity index (χ0v) is 14.1. The summed E-state index contributed by atoms with van der Waals surface area (Å²) >= 11 is 7.47. The Morgan fingerprint density at radius 1 is 1.44 bits per heavy atom. The van der Waals surface area contributed by atoms with E-state index in [1.807, 2.05) is 0 Å². The molecule has 100 valence electrons. The summed E-state index contributed by atoms with van der Waals surface area (Å²) in [5.41, 5.74) is 3.65. The molecule has 1 aromatic carbocycles. The van der Waals surface area contributed by atoms with E-state index >= 15 is 0 Å². The van der Waals surface area contributed by atoms with Crippen molar-refractivity contribution in [1.82, 2.24) is 0 Å². The van der Waals surface area contributed by atoms with E-state index in [1.165, 1.54) is 11.1 Å². The minimum absolute atomic E-state index is 0.283. The fourth-order valence-corrected chi connectivity index (χ4v) is 4.02. The molecule has 0 bridgehead atoms. The van der Waals surface area contributed by atoms with Crippen LogP contribution in [0.15, 0.2) is 10.5 Å². The first-order chi connectivity index (χ1) is 8.56. The first kappa shape index (κ1) is 14.4. The molecular weight excluding hydrogens is 360 g/mol. The summed E-state index contributed by atoms with van der Waals surface area (Å²) in [5.74, 6) is 1.51. The van der Waals surface area contributed by atoms with Crippen molar-refractivity contribution >= 4 is 31.9 Å². The van der Waals surface area contributed by atoms with Gasteiger partial charge in [-0.25, -0.2) is 0 Å². The monoisotopic (exact) mass is 376 g/mol. The molecule has 0 spiro atoms. The summed E-state index contributed by atoms with van der Waals surface area (Å²) in [6.07, 6.45) is 1.10. The van der Waals surface area contributed by atoms with Gasteiger partial charge in [0.15, 0.2) is 0 Å². The summed E-state index contributed by atoms with van der Waals surface area (Å²) in [7, 11) is 1.74. The number of halogens is 2. The Hall–Kier alpha value is -0.0600. The van der Waals surface area contributed by atoms with Gasteiger partial charge in [-0.1, -0.05) is 31.9 Å². The molecule has 2 rings (SSSR count). The predicted octanol–water partition coefficient (Wildman–Crippen LogP) is 4.55. The summed E-state index contributed by atoms with van der Waals surface area (Å²) in [4.78, 5) is 0.283. The lowest BCUT2D eigenvalue weighted by Crippen LogP contribution is -2.11. The number of aryl methyl sites for hydroxylation is 1. The predicted molar refractivity (Wildman–Crippen MR) is 80.8 cm³/mol. The summed E-state index contributed by atoms with van der Waals surface area (Å²) in [6, 6.07) is 2.11. The first-order valence-corrected chi connectivity index (χ1v) is 7.82. The highest BCUT2D eigenvalue weighted by atomic mass is 79.9. The van der Waals surface area contributed by atoms with E-state index in [0.717, 1.165) is 35.4 Å². The van der Waals surface area contributed by atoms with E-state index in [9.17, 15) is 0 Å². The lowest BCUT2D eigenvalue weighted by molar-refractivity contribution is 0.185. The quantitative estimate of drug-likeness (QED) is 0.719. The standard InChI is InChI=1S/C14H18Br2O2/c1-8-6-11(15)9(2)12(14(8)17-3)13(16)10-4-5-18-7-10/h6,10,13H,4-5,7H2,1-3H3. The van der Waals surface area contributed by atoms with Gasteiger partial charge in [-0.15, -0.1) is 0 Å². The number of ether oxygens (including phenoxy) is 2. The van der Waals surface area contributed by atoms with Crippen LogP contribution in [-0.4, -0.2) is 20.3 Å². The summed E-state index contributed by atoms with van der Waals surface area (Å²) < 4.78 is 12.2. The molecule has 1 saturated heterocycles. The Bertz CT molecular complexity index is 440. The van der Waals surface area contributed by atoms with Gasteiger partial charge in [-0.3, -0.25) is 0 Å². The maximum absolute atomic E-state index is 5.60. The Morgan fingerprint density at radius 2 is 2.17 bits per heavy atom. The number of hydrogen-bond acceptors (Lipinski definition) is 2. The van der Waals surface area contributed by atoms with Gasteiger partial charge in [0.1, 0.15) is 5.75 Å². The molecule has 0 aliphatic carbocycles. The highest BCUT2D eigenvalue weighted by Gasteiger charge is 2.29. The van der Waals surface area contributed by atoms with Crippen LogP contribution < -0.4 is 4.74 Å². The third kappa shape index (κ3) is 2.61. The van der Waals surface area contributed by atoms with Gasteiger partial charge in [-0.05, 0) is 37.5 Å². The van der Waals surface area contributed by atoms with Crippen molar-refractivity contribution < 1.29 is 9.47 Å². The normalized spacial score (nSPS) is 21.1. The van der Waals surface area contributed by atoms with Crippen LogP contribution in [0.4, 0.5) is 0 Å². The van der Waals surface area contributed by atoms with Crippen LogP contribution in [0.25, 0.3) is 0 Å². The van der Waals surface area contributed by atoms with Gasteiger partial charge in [0, 0.05) is 27.4 Å². The minimum Gasteiger partial charge on any atom is -0.496 e. The third-order valence-corrected chi connectivity index (χ3v) is 5.60. The maximum atomic E-state index is 5.60. The van der Waals surface area contributed by atoms with Crippen LogP contribution in [0.3, 0.4) is 0 Å². The maximum Gasteiger partial charge on any atom is 0.126 e. The Kier molecular flexibility index (Phi) is 4.73. The van der Waals surface area contributed by atoms with Crippen molar-refractivity contribution in [1.29, 1.82) is 0 Å². The van der Waals surface area contributed by atoms with Crippen molar-refractivity contribution in [3.05, 3.63) is 27.2 Å². The molecule has 1 fully saturated rings. The Labute approximate surface area is 125 Å². The molecule has 0 radical (unpaired) electrons. The molecule has 0 amide bonds. The van der Waals surface area contributed by atoms with E-state index < -0.39 is 0 Å². The molecule has 1 heterocycles. The van der Waals surface area contributed by atoms with Gasteiger partial charge in [0.05, 0.1) is 13.7 Å². The van der Waals surface area contributed by atoms with Crippen molar-refractivity contribution in [2.24, 2.45) is 5.92 Å². The minimum atomic E-state index is 0.283. The highest BCUT2D eigenvalue weighted by molar-refractivity contribution is 9.10. The summed E-state index contributed by atoms with van der Waals surface area (Å²) in [6.45, 7) is 5.90. The van der Waals surface area contributed by atoms with E-state index in [-0.39, 0.29) is 4.83 Å². The summed E-state index contributed by atoms with van der Waals surface area (Å²) in [5, 5.41) is 0. The van der Waals surface area contributed by atoms with Gasteiger partial charge >= 0.3 is 0 Å². The highest BCUT2D eigenvalue weighted by Crippen LogP contribution is 2.45. The van der Waals surface area contributed by atoms with E-state index in [0.29, 0.717) is 5.92 Å². The molecule has 2 nitrogen and oxygen atoms in total. The average molecular weight is 378 g/mol. The fourth-order valence-electron chi connectivity index (χ4n) is 2.50. The Balaban J connectivity index is 2.46. The van der Waals surface area contributed by atoms with Gasteiger partial charge in [0.25, 0.3) is 0 Å². The van der Waals surface area contributed by atoms with Crippen LogP contribution in [0.1, 0.15) is 27.9 Å². The molecule has 18 heavy (non-hydrogen) atoms. The van der Waals surface area contributed by atoms with Crippen LogP contribution in [-0.2, 0) is 4.74 Å². The van der Waals surface area contributed by atoms with Crippen molar-refractivity contribution in [3.63, 3.8) is 0 Å². The van der Waals surface area contributed by atoms with Crippen LogP contribution in [0, 0.1) is 19.8 Å². The van der Waals surface area contributed by atoms with Gasteiger partial charge in [-0.2, -0.15) is 0 Å². The van der Waals surface area contributed by atoms with Crippen molar-refractivity contribution in [2.75, 3.05) is 20.3 Å². The lowest BCUT2D eigenvalue weighted by atomic mass is 9.93. The van der Waals surface area contributed by atoms with Crippen molar-refractivity contribution in [3.8, 4) is 5.75 Å². The number of rotatable bonds is 3. The van der Waals surface area contributed by atoms with Crippen molar-refractivity contribution in [2.45, 2.75) is 25.1 Å². The zero-order chi connectivity index (χ0) is 13.3. The third-order valence-electron chi connectivity index (χ3n) is 3.57. The molecule has 1 aromatic rings. The van der Waals surface area contributed by atoms with E-state index in [4.69, 9.17) is 9.47 Å². The second-order valence-corrected chi connectivity index (χ2v) is 6.61. The van der Waals surface area contributed by atoms with Gasteiger partial charge < -0.3 is 9.47 Å². The number of hydrogen-bond donors (Lipinski definition) is 0. The fraction of sp³-hybridized carbons (Fsp3) is 0.571. The molecule has 0 aromatic heterocycles. The Morgan fingerprint density at radius 3 is 2.72 bits per heavy atom. The number of alkyl halides is 1. The molecule has 0 saturated carbocycles. The average Bonchev–Trinajstić information content (AvgIpc) is 2.86. The first-order valence-electron chi connectivity index (χ1n) is 6.11. The SMILES string of the molecule is COc1c(C)cc(Br)c(C)c1C(Br)C1CCOC1. The molecule has 4 heteroatoms. The zero-order valence-electron chi connectivity index (χ0n) is 10.9. The topological polar surface area (TPSA) is 18.5 Å². The molecular formula is C14H18Br2O2. The number of benzene rings is 1. The largest absolute Gasteiger partial charge is 0.496 e. The molecule has 1 aliphatic heterocycles. The number of methoxy groups -OCH3 is 1. The molecule has 2 atom stereocenters. The second-order valence-electron chi connectivity index (χ2n) is 4.77. The van der Waals surface area contributed by atoms with Gasteiger partial charge in [0.2, 0.25) is 0 Å². The van der Waals surface area contributed by atoms with Crippen LogP contribution >= 0.6 is 31.9 Å². The lowest BCUT2D eigenvalue weighted by Gasteiger charge is -2.23. The van der Waals surface area contributed by atoms with Crippen LogP contribution in [0.5, 0.6) is 5.75 Å². The second kappa shape index (κ2) is 5.93. The van der Waals surface area contributed by atoms with Crippen LogP contribution in [0.2, 0.25) is 0 Å². The smallest absolute Gasteiger partial charge is 0.126 e. The van der Waals surface area contributed by atoms with E-state index in [2.05, 4.69) is 51.8 Å². The molecule has 0 N–H and O–H groups in total.